The van der Waals surface area contributed by atoms with E-state index in [9.17, 15) is 4.79 Å². The van der Waals surface area contributed by atoms with Gasteiger partial charge in [-0.05, 0) is 36.4 Å². The summed E-state index contributed by atoms with van der Waals surface area (Å²) in [6.07, 6.45) is 0. The molecule has 0 aromatic heterocycles. The number of benzene rings is 2. The van der Waals surface area contributed by atoms with Gasteiger partial charge < -0.3 is 20.1 Å². The van der Waals surface area contributed by atoms with Crippen LogP contribution in [0.3, 0.4) is 0 Å². The Balaban J connectivity index is 1.55. The Morgan fingerprint density at radius 3 is 2.57 bits per heavy atom. The summed E-state index contributed by atoms with van der Waals surface area (Å²) < 4.78 is 11.5. The fourth-order valence-corrected chi connectivity index (χ4v) is 2.19. The van der Waals surface area contributed by atoms with E-state index >= 15 is 0 Å². The maximum absolute atomic E-state index is 11.9. The molecule has 2 aromatic rings. The van der Waals surface area contributed by atoms with Crippen LogP contribution in [0.4, 0.5) is 11.4 Å². The highest BCUT2D eigenvalue weighted by Crippen LogP contribution is 2.34. The van der Waals surface area contributed by atoms with E-state index in [-0.39, 0.29) is 19.2 Å². The van der Waals surface area contributed by atoms with Crippen molar-refractivity contribution in [2.24, 2.45) is 0 Å². The summed E-state index contributed by atoms with van der Waals surface area (Å²) in [5.74, 6) is 1.21. The van der Waals surface area contributed by atoms with Gasteiger partial charge in [-0.15, -0.1) is 0 Å². The summed E-state index contributed by atoms with van der Waals surface area (Å²) in [6.45, 7) is 0.411. The first-order valence-corrected chi connectivity index (χ1v) is 7.19. The highest BCUT2D eigenvalue weighted by molar-refractivity contribution is 9.10. The van der Waals surface area contributed by atoms with Crippen LogP contribution in [-0.2, 0) is 4.79 Å². The molecule has 108 valence electrons. The van der Waals surface area contributed by atoms with Crippen LogP contribution in [0.5, 0.6) is 11.5 Å². The van der Waals surface area contributed by atoms with E-state index in [0.717, 1.165) is 10.2 Å². The lowest BCUT2D eigenvalue weighted by Gasteiger charge is -2.08. The van der Waals surface area contributed by atoms with Crippen molar-refractivity contribution in [3.05, 3.63) is 46.9 Å². The number of carbonyl (C=O) groups is 1. The second kappa shape index (κ2) is 6.05. The smallest absolute Gasteiger partial charge is 0.243 e. The third-order valence-corrected chi connectivity index (χ3v) is 3.48. The number of nitrogens with one attached hydrogen (secondary N) is 2. The minimum absolute atomic E-state index is 0.128. The largest absolute Gasteiger partial charge is 0.454 e. The normalized spacial score (nSPS) is 12.0. The zero-order chi connectivity index (χ0) is 14.7. The van der Waals surface area contributed by atoms with Crippen molar-refractivity contribution in [1.29, 1.82) is 0 Å². The van der Waals surface area contributed by atoms with E-state index in [4.69, 9.17) is 9.47 Å². The molecule has 5 nitrogen and oxygen atoms in total. The second-order valence-electron chi connectivity index (χ2n) is 4.48. The van der Waals surface area contributed by atoms with Crippen LogP contribution in [0.25, 0.3) is 0 Å². The average molecular weight is 349 g/mol. The Kier molecular flexibility index (Phi) is 3.96. The van der Waals surface area contributed by atoms with Crippen LogP contribution in [0.15, 0.2) is 46.9 Å². The molecule has 6 heteroatoms. The number of amides is 1. The molecule has 0 unspecified atom stereocenters. The lowest BCUT2D eigenvalue weighted by Crippen LogP contribution is -2.21. The monoisotopic (exact) mass is 348 g/mol. The summed E-state index contributed by atoms with van der Waals surface area (Å²) >= 11 is 3.37. The SMILES string of the molecule is O=C(CNc1ccc(Br)cc1)Nc1ccc2c(c1)OCO2. The standard InChI is InChI=1S/C15H13BrN2O3/c16-10-1-3-11(4-2-10)17-8-15(19)18-12-5-6-13-14(7-12)21-9-20-13/h1-7,17H,8-9H2,(H,18,19). The number of rotatable bonds is 4. The Morgan fingerprint density at radius 1 is 1.05 bits per heavy atom. The molecular weight excluding hydrogens is 336 g/mol. The van der Waals surface area contributed by atoms with Crippen LogP contribution in [0.2, 0.25) is 0 Å². The minimum atomic E-state index is -0.128. The van der Waals surface area contributed by atoms with Crippen LogP contribution in [0.1, 0.15) is 0 Å². The molecule has 0 fully saturated rings. The molecule has 0 spiro atoms. The summed E-state index contributed by atoms with van der Waals surface area (Å²) in [6, 6.07) is 12.9. The Bertz CT molecular complexity index is 658. The third-order valence-electron chi connectivity index (χ3n) is 2.95. The van der Waals surface area contributed by atoms with Crippen LogP contribution < -0.4 is 20.1 Å². The lowest BCUT2D eigenvalue weighted by atomic mass is 10.2. The molecule has 1 aliphatic heterocycles. The maximum atomic E-state index is 11.9. The Labute approximate surface area is 130 Å². The predicted molar refractivity (Wildman–Crippen MR) is 83.8 cm³/mol. The van der Waals surface area contributed by atoms with E-state index in [2.05, 4.69) is 26.6 Å². The maximum Gasteiger partial charge on any atom is 0.243 e. The van der Waals surface area contributed by atoms with E-state index in [0.29, 0.717) is 17.2 Å². The molecule has 21 heavy (non-hydrogen) atoms. The molecular formula is C15H13BrN2O3. The second-order valence-corrected chi connectivity index (χ2v) is 5.39. The van der Waals surface area contributed by atoms with Gasteiger partial charge in [0.15, 0.2) is 11.5 Å². The number of ether oxygens (including phenoxy) is 2. The van der Waals surface area contributed by atoms with Crippen molar-refractivity contribution >= 4 is 33.2 Å². The van der Waals surface area contributed by atoms with Gasteiger partial charge in [0.05, 0.1) is 6.54 Å². The summed E-state index contributed by atoms with van der Waals surface area (Å²) in [5.41, 5.74) is 1.57. The topological polar surface area (TPSA) is 59.6 Å². The van der Waals surface area contributed by atoms with Crippen LogP contribution >= 0.6 is 15.9 Å². The van der Waals surface area contributed by atoms with Crippen molar-refractivity contribution < 1.29 is 14.3 Å². The number of hydrogen-bond donors (Lipinski definition) is 2. The van der Waals surface area contributed by atoms with Gasteiger partial charge in [-0.2, -0.15) is 0 Å². The molecule has 0 bridgehead atoms. The van der Waals surface area contributed by atoms with Gasteiger partial charge in [-0.1, -0.05) is 15.9 Å². The van der Waals surface area contributed by atoms with Gasteiger partial charge in [0, 0.05) is 21.9 Å². The van der Waals surface area contributed by atoms with E-state index in [1.807, 2.05) is 24.3 Å². The summed E-state index contributed by atoms with van der Waals surface area (Å²) in [4.78, 5) is 11.9. The number of anilines is 2. The van der Waals surface area contributed by atoms with E-state index in [1.54, 1.807) is 18.2 Å². The quantitative estimate of drug-likeness (QED) is 0.890. The Hall–Kier alpha value is -2.21. The van der Waals surface area contributed by atoms with Crippen LogP contribution in [-0.4, -0.2) is 19.2 Å². The van der Waals surface area contributed by atoms with Gasteiger partial charge in [0.2, 0.25) is 12.7 Å². The Morgan fingerprint density at radius 2 is 1.76 bits per heavy atom. The van der Waals surface area contributed by atoms with Crippen molar-refractivity contribution in [3.8, 4) is 11.5 Å². The third kappa shape index (κ3) is 3.46. The van der Waals surface area contributed by atoms with Crippen molar-refractivity contribution in [3.63, 3.8) is 0 Å². The molecule has 0 saturated heterocycles. The first-order chi connectivity index (χ1) is 10.2. The van der Waals surface area contributed by atoms with Gasteiger partial charge in [0.25, 0.3) is 0 Å². The molecule has 3 rings (SSSR count). The molecule has 0 atom stereocenters. The number of halogens is 1. The van der Waals surface area contributed by atoms with Gasteiger partial charge in [0.1, 0.15) is 0 Å². The molecule has 1 aliphatic rings. The minimum Gasteiger partial charge on any atom is -0.454 e. The molecule has 0 saturated carbocycles. The fourth-order valence-electron chi connectivity index (χ4n) is 1.93. The zero-order valence-corrected chi connectivity index (χ0v) is 12.6. The number of hydrogen-bond acceptors (Lipinski definition) is 4. The summed E-state index contributed by atoms with van der Waals surface area (Å²) in [7, 11) is 0. The van der Waals surface area contributed by atoms with Gasteiger partial charge in [-0.25, -0.2) is 0 Å². The summed E-state index contributed by atoms with van der Waals surface area (Å²) in [5, 5.41) is 5.86. The van der Waals surface area contributed by atoms with E-state index < -0.39 is 0 Å². The van der Waals surface area contributed by atoms with Gasteiger partial charge in [-0.3, -0.25) is 4.79 Å². The molecule has 0 radical (unpaired) electrons. The zero-order valence-electron chi connectivity index (χ0n) is 11.1. The van der Waals surface area contributed by atoms with Crippen LogP contribution in [0, 0.1) is 0 Å². The molecule has 2 aromatic carbocycles. The first kappa shape index (κ1) is 13.8. The fraction of sp³-hybridized carbons (Fsp3) is 0.133. The highest BCUT2D eigenvalue weighted by Gasteiger charge is 2.13. The molecule has 1 heterocycles. The van der Waals surface area contributed by atoms with Gasteiger partial charge >= 0.3 is 0 Å². The highest BCUT2D eigenvalue weighted by atomic mass is 79.9. The average Bonchev–Trinajstić information content (AvgIpc) is 2.94. The van der Waals surface area contributed by atoms with Crippen molar-refractivity contribution in [2.75, 3.05) is 24.0 Å². The molecule has 2 N–H and O–H groups in total. The first-order valence-electron chi connectivity index (χ1n) is 6.40. The predicted octanol–water partition coefficient (Wildman–Crippen LogP) is 3.23. The van der Waals surface area contributed by atoms with Crippen molar-refractivity contribution in [1.82, 2.24) is 0 Å². The molecule has 0 aliphatic carbocycles. The molecule has 1 amide bonds. The number of fused-ring (bicyclic) bond motifs is 1. The van der Waals surface area contributed by atoms with E-state index in [1.165, 1.54) is 0 Å². The number of carbonyl (C=O) groups excluding carboxylic acids is 1. The lowest BCUT2D eigenvalue weighted by molar-refractivity contribution is -0.114. The van der Waals surface area contributed by atoms with Crippen molar-refractivity contribution in [2.45, 2.75) is 0 Å².